The Bertz CT molecular complexity index is 1250. The second kappa shape index (κ2) is 9.19. The summed E-state index contributed by atoms with van der Waals surface area (Å²) in [6.45, 7) is -0.0256. The molecule has 34 heavy (non-hydrogen) atoms. The summed E-state index contributed by atoms with van der Waals surface area (Å²) in [7, 11) is 0. The maximum absolute atomic E-state index is 14.0. The van der Waals surface area contributed by atoms with Gasteiger partial charge in [-0.05, 0) is 17.7 Å². The largest absolute Gasteiger partial charge is 0.491 e. The monoisotopic (exact) mass is 500 g/mol. The summed E-state index contributed by atoms with van der Waals surface area (Å²) in [5.74, 6) is -5.00. The van der Waals surface area contributed by atoms with Crippen molar-refractivity contribution in [2.24, 2.45) is 0 Å². The van der Waals surface area contributed by atoms with E-state index in [1.54, 1.807) is 16.8 Å². The van der Waals surface area contributed by atoms with E-state index < -0.39 is 47.0 Å². The van der Waals surface area contributed by atoms with Crippen LogP contribution in [-0.4, -0.2) is 60.7 Å². The molecule has 1 aliphatic heterocycles. The number of aromatic nitrogens is 3. The van der Waals surface area contributed by atoms with Crippen molar-refractivity contribution >= 4 is 35.2 Å². The zero-order valence-electron chi connectivity index (χ0n) is 17.0. The summed E-state index contributed by atoms with van der Waals surface area (Å²) in [5.41, 5.74) is 0.491. The Balaban J connectivity index is 1.52. The molecule has 14 heteroatoms. The lowest BCUT2D eigenvalue weighted by Gasteiger charge is -2.15. The van der Waals surface area contributed by atoms with Crippen molar-refractivity contribution in [1.82, 2.24) is 14.4 Å². The van der Waals surface area contributed by atoms with Crippen molar-refractivity contribution in [1.29, 1.82) is 0 Å². The first-order valence-electron chi connectivity index (χ1n) is 9.71. The van der Waals surface area contributed by atoms with Crippen LogP contribution < -0.4 is 5.32 Å². The molecule has 1 aromatic carbocycles. The highest BCUT2D eigenvalue weighted by atomic mass is 32.2. The molecule has 0 aliphatic carbocycles. The highest BCUT2D eigenvalue weighted by molar-refractivity contribution is 7.99. The van der Waals surface area contributed by atoms with Gasteiger partial charge in [-0.2, -0.15) is 13.2 Å². The van der Waals surface area contributed by atoms with E-state index in [0.717, 1.165) is 12.1 Å². The van der Waals surface area contributed by atoms with Gasteiger partial charge in [0.25, 0.3) is 0 Å². The van der Waals surface area contributed by atoms with Crippen molar-refractivity contribution < 1.29 is 42.1 Å². The van der Waals surface area contributed by atoms with Gasteiger partial charge in [-0.3, -0.25) is 4.40 Å². The second-order valence-electron chi connectivity index (χ2n) is 7.31. The van der Waals surface area contributed by atoms with Crippen LogP contribution in [0.25, 0.3) is 5.65 Å². The van der Waals surface area contributed by atoms with Crippen molar-refractivity contribution in [2.45, 2.75) is 30.2 Å². The maximum Gasteiger partial charge on any atom is 0.491 e. The van der Waals surface area contributed by atoms with Crippen molar-refractivity contribution in [3.05, 3.63) is 59.4 Å². The average molecular weight is 500 g/mol. The molecule has 3 heterocycles. The third kappa shape index (κ3) is 4.69. The zero-order chi connectivity index (χ0) is 24.6. The van der Waals surface area contributed by atoms with E-state index in [0.29, 0.717) is 22.9 Å². The first-order chi connectivity index (χ1) is 16.1. The Kier molecular flexibility index (Phi) is 6.47. The molecule has 1 saturated heterocycles. The van der Waals surface area contributed by atoms with Gasteiger partial charge in [0, 0.05) is 24.7 Å². The van der Waals surface area contributed by atoms with Gasteiger partial charge >= 0.3 is 18.1 Å². The number of carbonyl (C=O) groups excluding carboxylic acids is 2. The number of alkyl halides is 3. The van der Waals surface area contributed by atoms with Crippen molar-refractivity contribution in [3.63, 3.8) is 0 Å². The molecule has 9 nitrogen and oxygen atoms in total. The minimum absolute atomic E-state index is 0.0256. The van der Waals surface area contributed by atoms with Gasteiger partial charge in [0.1, 0.15) is 5.82 Å². The van der Waals surface area contributed by atoms with Crippen LogP contribution in [0.2, 0.25) is 0 Å². The number of esters is 2. The van der Waals surface area contributed by atoms with Crippen LogP contribution in [0.5, 0.6) is 0 Å². The molecular formula is C20H16F4N4O5S. The number of thioether (sulfide) groups is 1. The molecule has 2 aromatic heterocycles. The first-order valence-corrected chi connectivity index (χ1v) is 10.8. The van der Waals surface area contributed by atoms with Crippen molar-refractivity contribution in [3.8, 4) is 0 Å². The summed E-state index contributed by atoms with van der Waals surface area (Å²) >= 11 is 1.38. The molecule has 180 valence electrons. The molecule has 0 radical (unpaired) electrons. The molecule has 3 atom stereocenters. The average Bonchev–Trinajstić information content (AvgIpc) is 3.35. The number of ether oxygens (including phenoxy) is 1. The fraction of sp³-hybridized carbons (Fsp3) is 0.300. The smallest absolute Gasteiger partial charge is 0.390 e. The van der Waals surface area contributed by atoms with Crippen LogP contribution in [0.1, 0.15) is 26.9 Å². The predicted molar refractivity (Wildman–Crippen MR) is 110 cm³/mol. The number of carbonyl (C=O) groups is 2. The Hall–Kier alpha value is -3.23. The van der Waals surface area contributed by atoms with Crippen LogP contribution >= 0.6 is 11.8 Å². The Morgan fingerprint density at radius 1 is 1.26 bits per heavy atom. The topological polar surface area (TPSA) is 126 Å². The Morgan fingerprint density at radius 3 is 2.71 bits per heavy atom. The fourth-order valence-corrected chi connectivity index (χ4v) is 4.68. The summed E-state index contributed by atoms with van der Waals surface area (Å²) in [6.07, 6.45) is -2.57. The lowest BCUT2D eigenvalue weighted by Crippen LogP contribution is -2.28. The van der Waals surface area contributed by atoms with E-state index in [9.17, 15) is 37.4 Å². The number of hydrogen-bond donors (Lipinski definition) is 3. The quantitative estimate of drug-likeness (QED) is 0.275. The summed E-state index contributed by atoms with van der Waals surface area (Å²) in [6, 6.07) is 3.10. The number of fused-ring (bicyclic) bond motifs is 1. The van der Waals surface area contributed by atoms with Crippen LogP contribution in [0.15, 0.2) is 36.8 Å². The number of aliphatic hydroxyl groups is 2. The lowest BCUT2D eigenvalue weighted by atomic mass is 10.1. The van der Waals surface area contributed by atoms with E-state index >= 15 is 0 Å². The first kappa shape index (κ1) is 23.9. The Morgan fingerprint density at radius 2 is 2.03 bits per heavy atom. The highest BCUT2D eigenvalue weighted by Crippen LogP contribution is 2.40. The van der Waals surface area contributed by atoms with Gasteiger partial charge in [-0.15, -0.1) is 11.8 Å². The molecular weight excluding hydrogens is 484 g/mol. The second-order valence-corrected chi connectivity index (χ2v) is 8.48. The predicted octanol–water partition coefficient (Wildman–Crippen LogP) is 2.24. The molecule has 0 spiro atoms. The van der Waals surface area contributed by atoms with Gasteiger partial charge in [-0.25, -0.2) is 23.9 Å². The molecule has 3 aromatic rings. The number of rotatable bonds is 5. The van der Waals surface area contributed by atoms with E-state index in [-0.39, 0.29) is 12.1 Å². The molecule has 0 unspecified atom stereocenters. The van der Waals surface area contributed by atoms with Gasteiger partial charge < -0.3 is 20.3 Å². The molecule has 1 fully saturated rings. The van der Waals surface area contributed by atoms with E-state index in [4.69, 9.17) is 0 Å². The normalized spacial score (nSPS) is 20.5. The number of benzene rings is 1. The summed E-state index contributed by atoms with van der Waals surface area (Å²) in [5, 5.41) is 22.6. The summed E-state index contributed by atoms with van der Waals surface area (Å²) < 4.78 is 56.3. The molecule has 1 aliphatic rings. The number of hydrogen-bond acceptors (Lipinski definition) is 9. The standard InChI is InChI=1S/C20H16F4N4O5S/c21-11-2-1-9(5-10(11)18(31)33-19(32)20(22,23)24)6-26-16-17-27-7-12(28(17)4-3-25-16)15-14(30)13(29)8-34-15/h1-5,7,13-15,29-30H,6,8H2,(H,25,26)/t13-,14-,15+/m1/s1. The number of halogens is 4. The minimum atomic E-state index is -5.40. The highest BCUT2D eigenvalue weighted by Gasteiger charge is 2.43. The van der Waals surface area contributed by atoms with Crippen LogP contribution in [-0.2, 0) is 16.1 Å². The number of imidazole rings is 1. The molecule has 4 rings (SSSR count). The van der Waals surface area contributed by atoms with Gasteiger partial charge in [0.15, 0.2) is 11.5 Å². The van der Waals surface area contributed by atoms with E-state index in [1.807, 2.05) is 0 Å². The molecule has 0 saturated carbocycles. The maximum atomic E-state index is 14.0. The van der Waals surface area contributed by atoms with Gasteiger partial charge in [-0.1, -0.05) is 6.07 Å². The molecule has 0 amide bonds. The SMILES string of the molecule is O=C(OC(=O)C(F)(F)F)c1cc(CNc2nccn3c([C@@H]4SC[C@@H](O)[C@H]4O)cnc23)ccc1F. The molecule has 0 bridgehead atoms. The minimum Gasteiger partial charge on any atom is -0.390 e. The number of nitrogens with zero attached hydrogens (tertiary/aromatic N) is 3. The van der Waals surface area contributed by atoms with Gasteiger partial charge in [0.05, 0.1) is 34.9 Å². The lowest BCUT2D eigenvalue weighted by molar-refractivity contribution is -0.193. The number of nitrogens with one attached hydrogen (secondary N) is 1. The van der Waals surface area contributed by atoms with E-state index in [2.05, 4.69) is 20.0 Å². The number of aliphatic hydroxyl groups excluding tert-OH is 2. The van der Waals surface area contributed by atoms with Crippen molar-refractivity contribution in [2.75, 3.05) is 11.1 Å². The van der Waals surface area contributed by atoms with E-state index in [1.165, 1.54) is 24.0 Å². The van der Waals surface area contributed by atoms with Gasteiger partial charge in [0.2, 0.25) is 0 Å². The van der Waals surface area contributed by atoms with Crippen LogP contribution in [0.4, 0.5) is 23.4 Å². The molecule has 3 N–H and O–H groups in total. The third-order valence-electron chi connectivity index (χ3n) is 5.03. The Labute approximate surface area is 192 Å². The summed E-state index contributed by atoms with van der Waals surface area (Å²) in [4.78, 5) is 31.2. The fourth-order valence-electron chi connectivity index (χ4n) is 3.36. The third-order valence-corrected chi connectivity index (χ3v) is 6.44. The van der Waals surface area contributed by atoms with Crippen LogP contribution in [0, 0.1) is 5.82 Å². The zero-order valence-corrected chi connectivity index (χ0v) is 17.8. The number of anilines is 1. The van der Waals surface area contributed by atoms with Crippen LogP contribution in [0.3, 0.4) is 0 Å².